The summed E-state index contributed by atoms with van der Waals surface area (Å²) in [5, 5.41) is 21.5. The number of hydrogen-bond donors (Lipinski definition) is 3. The second kappa shape index (κ2) is 7.01. The normalized spacial score (nSPS) is 22.8. The molecular formula is C18H24N2O5. The number of benzene rings is 1. The maximum Gasteiger partial charge on any atom is 0.335 e. The zero-order valence-electron chi connectivity index (χ0n) is 14.3. The molecule has 0 amide bonds. The van der Waals surface area contributed by atoms with Crippen molar-refractivity contribution < 1.29 is 24.5 Å². The van der Waals surface area contributed by atoms with Crippen molar-refractivity contribution in [2.75, 3.05) is 26.7 Å². The third-order valence-corrected chi connectivity index (χ3v) is 5.50. The Bertz CT molecular complexity index is 667. The lowest BCUT2D eigenvalue weighted by molar-refractivity contribution is -0.139. The van der Waals surface area contributed by atoms with Gasteiger partial charge in [0.1, 0.15) is 11.8 Å². The molecule has 2 heterocycles. The van der Waals surface area contributed by atoms with Gasteiger partial charge in [-0.1, -0.05) is 0 Å². The van der Waals surface area contributed by atoms with E-state index in [0.717, 1.165) is 38.0 Å². The van der Waals surface area contributed by atoms with Gasteiger partial charge in [-0.15, -0.1) is 0 Å². The molecule has 1 spiro atoms. The molecule has 2 aliphatic heterocycles. The molecule has 2 aliphatic rings. The number of nitrogens with one attached hydrogen (secondary N) is 1. The summed E-state index contributed by atoms with van der Waals surface area (Å²) < 4.78 is 5.36. The van der Waals surface area contributed by atoms with Gasteiger partial charge in [0.05, 0.1) is 12.7 Å². The smallest absolute Gasteiger partial charge is 0.335 e. The fraction of sp³-hybridized carbons (Fsp3) is 0.556. The lowest BCUT2D eigenvalue weighted by atomic mass is 9.76. The van der Waals surface area contributed by atoms with Gasteiger partial charge in [0.2, 0.25) is 0 Å². The fourth-order valence-corrected chi connectivity index (χ4v) is 3.93. The van der Waals surface area contributed by atoms with Crippen molar-refractivity contribution in [1.82, 2.24) is 10.2 Å². The average molecular weight is 348 g/mol. The van der Waals surface area contributed by atoms with Crippen LogP contribution in [0.1, 0.15) is 35.2 Å². The van der Waals surface area contributed by atoms with Gasteiger partial charge < -0.3 is 20.3 Å². The van der Waals surface area contributed by atoms with E-state index in [2.05, 4.69) is 10.2 Å². The van der Waals surface area contributed by atoms with Gasteiger partial charge in [0, 0.05) is 18.7 Å². The molecule has 0 saturated carbocycles. The molecule has 0 unspecified atom stereocenters. The largest absolute Gasteiger partial charge is 0.496 e. The number of nitrogens with zero attached hydrogens (tertiary/aromatic N) is 1. The number of rotatable bonds is 5. The first-order chi connectivity index (χ1) is 11.9. The average Bonchev–Trinajstić information content (AvgIpc) is 3.01. The summed E-state index contributed by atoms with van der Waals surface area (Å²) in [5.41, 5.74) is 1.20. The fourth-order valence-electron chi connectivity index (χ4n) is 3.93. The molecule has 25 heavy (non-hydrogen) atoms. The summed E-state index contributed by atoms with van der Waals surface area (Å²) in [5.74, 6) is -1.02. The highest BCUT2D eigenvalue weighted by atomic mass is 16.5. The highest BCUT2D eigenvalue weighted by Gasteiger charge is 2.43. The van der Waals surface area contributed by atoms with Crippen molar-refractivity contribution in [2.45, 2.75) is 31.8 Å². The van der Waals surface area contributed by atoms with Crippen LogP contribution in [0.5, 0.6) is 5.75 Å². The van der Waals surface area contributed by atoms with Crippen molar-refractivity contribution in [2.24, 2.45) is 5.41 Å². The number of carboxylic acids is 2. The highest BCUT2D eigenvalue weighted by molar-refractivity contribution is 5.88. The monoisotopic (exact) mass is 348 g/mol. The highest BCUT2D eigenvalue weighted by Crippen LogP contribution is 2.40. The minimum atomic E-state index is -0.946. The van der Waals surface area contributed by atoms with E-state index in [9.17, 15) is 14.7 Å². The van der Waals surface area contributed by atoms with E-state index < -0.39 is 18.0 Å². The van der Waals surface area contributed by atoms with Gasteiger partial charge in [-0.2, -0.15) is 0 Å². The molecule has 0 radical (unpaired) electrons. The van der Waals surface area contributed by atoms with Crippen LogP contribution in [-0.4, -0.2) is 59.8 Å². The predicted octanol–water partition coefficient (Wildman–Crippen LogP) is 1.42. The molecule has 7 heteroatoms. The topological polar surface area (TPSA) is 99.1 Å². The molecule has 3 N–H and O–H groups in total. The van der Waals surface area contributed by atoms with Gasteiger partial charge in [-0.3, -0.25) is 9.69 Å². The number of piperidine rings is 1. The van der Waals surface area contributed by atoms with Crippen LogP contribution in [0.3, 0.4) is 0 Å². The van der Waals surface area contributed by atoms with E-state index in [0.29, 0.717) is 18.7 Å². The summed E-state index contributed by atoms with van der Waals surface area (Å²) in [7, 11) is 1.58. The maximum atomic E-state index is 11.2. The molecule has 2 saturated heterocycles. The van der Waals surface area contributed by atoms with Crippen molar-refractivity contribution in [3.63, 3.8) is 0 Å². The summed E-state index contributed by atoms with van der Waals surface area (Å²) in [4.78, 5) is 24.6. The molecule has 136 valence electrons. The van der Waals surface area contributed by atoms with E-state index in [4.69, 9.17) is 9.84 Å². The number of ether oxygens (including phenoxy) is 1. The minimum Gasteiger partial charge on any atom is -0.496 e. The Balaban J connectivity index is 1.64. The minimum absolute atomic E-state index is 0.0759. The summed E-state index contributed by atoms with van der Waals surface area (Å²) in [6, 6.07) is 4.48. The van der Waals surface area contributed by atoms with Gasteiger partial charge in [-0.25, -0.2) is 4.79 Å². The van der Waals surface area contributed by atoms with E-state index in [1.807, 2.05) is 0 Å². The first kappa shape index (κ1) is 17.7. The number of aromatic carboxylic acids is 1. The second-order valence-corrected chi connectivity index (χ2v) is 7.08. The summed E-state index contributed by atoms with van der Waals surface area (Å²) in [6.45, 7) is 3.13. The van der Waals surface area contributed by atoms with Crippen molar-refractivity contribution >= 4 is 11.9 Å². The Morgan fingerprint density at radius 1 is 1.32 bits per heavy atom. The molecule has 2 fully saturated rings. The Morgan fingerprint density at radius 2 is 2.04 bits per heavy atom. The van der Waals surface area contributed by atoms with E-state index in [1.165, 1.54) is 0 Å². The number of carboxylic acid groups (broad SMARTS) is 2. The number of likely N-dealkylation sites (tertiary alicyclic amines) is 1. The second-order valence-electron chi connectivity index (χ2n) is 7.08. The van der Waals surface area contributed by atoms with Crippen molar-refractivity contribution in [3.8, 4) is 5.75 Å². The lowest BCUT2D eigenvalue weighted by Gasteiger charge is -2.39. The quantitative estimate of drug-likeness (QED) is 0.740. The predicted molar refractivity (Wildman–Crippen MR) is 90.9 cm³/mol. The number of hydrogen-bond acceptors (Lipinski definition) is 5. The van der Waals surface area contributed by atoms with Gasteiger partial charge in [-0.05, 0) is 56.0 Å². The van der Waals surface area contributed by atoms with Gasteiger partial charge in [0.15, 0.2) is 0 Å². The van der Waals surface area contributed by atoms with Crippen LogP contribution < -0.4 is 10.1 Å². The van der Waals surface area contributed by atoms with E-state index in [1.54, 1.807) is 25.3 Å². The molecular weight excluding hydrogens is 324 g/mol. The van der Waals surface area contributed by atoms with Crippen LogP contribution >= 0.6 is 0 Å². The first-order valence-electron chi connectivity index (χ1n) is 8.51. The summed E-state index contributed by atoms with van der Waals surface area (Å²) >= 11 is 0. The number of methoxy groups -OCH3 is 1. The van der Waals surface area contributed by atoms with Crippen LogP contribution in [0.15, 0.2) is 18.2 Å². The van der Waals surface area contributed by atoms with Crippen LogP contribution in [-0.2, 0) is 11.3 Å². The molecule has 3 rings (SSSR count). The third-order valence-electron chi connectivity index (χ3n) is 5.50. The standard InChI is InChI=1S/C18H24N2O5/c1-25-15-3-2-12(16(21)22)8-13(15)10-20-6-4-18(5-7-20)9-14(17(23)24)19-11-18/h2-3,8,14,19H,4-7,9-11H2,1H3,(H,21,22)(H,23,24)/t14-/m1/s1. The van der Waals surface area contributed by atoms with E-state index >= 15 is 0 Å². The van der Waals surface area contributed by atoms with Gasteiger partial charge >= 0.3 is 11.9 Å². The Kier molecular flexibility index (Phi) is 4.96. The summed E-state index contributed by atoms with van der Waals surface area (Å²) in [6.07, 6.45) is 2.59. The van der Waals surface area contributed by atoms with Crippen LogP contribution in [0, 0.1) is 5.41 Å². The zero-order chi connectivity index (χ0) is 18.0. The lowest BCUT2D eigenvalue weighted by Crippen LogP contribution is -2.40. The van der Waals surface area contributed by atoms with Crippen molar-refractivity contribution in [3.05, 3.63) is 29.3 Å². The Labute approximate surface area is 146 Å². The molecule has 1 aromatic rings. The Morgan fingerprint density at radius 3 is 2.60 bits per heavy atom. The maximum absolute atomic E-state index is 11.2. The molecule has 0 aromatic heterocycles. The SMILES string of the molecule is COc1ccc(C(=O)O)cc1CN1CCC2(CC1)CN[C@@H](C(=O)O)C2. The van der Waals surface area contributed by atoms with Crippen LogP contribution in [0.2, 0.25) is 0 Å². The molecule has 0 aliphatic carbocycles. The number of carbonyl (C=O) groups is 2. The van der Waals surface area contributed by atoms with Crippen LogP contribution in [0.25, 0.3) is 0 Å². The Hall–Kier alpha value is -2.12. The van der Waals surface area contributed by atoms with Gasteiger partial charge in [0.25, 0.3) is 0 Å². The first-order valence-corrected chi connectivity index (χ1v) is 8.51. The van der Waals surface area contributed by atoms with E-state index in [-0.39, 0.29) is 11.0 Å². The molecule has 1 atom stereocenters. The molecule has 1 aromatic carbocycles. The van der Waals surface area contributed by atoms with Crippen molar-refractivity contribution in [1.29, 1.82) is 0 Å². The molecule has 0 bridgehead atoms. The third kappa shape index (κ3) is 3.77. The molecule has 7 nitrogen and oxygen atoms in total. The zero-order valence-corrected chi connectivity index (χ0v) is 14.3. The van der Waals surface area contributed by atoms with Crippen LogP contribution in [0.4, 0.5) is 0 Å². The number of aliphatic carboxylic acids is 1.